The largest absolute Gasteiger partial charge is 0.351 e. The number of anilines is 1. The molecule has 3 aromatic rings. The summed E-state index contributed by atoms with van der Waals surface area (Å²) in [5.41, 5.74) is 1.73. The summed E-state index contributed by atoms with van der Waals surface area (Å²) in [6, 6.07) is 14.9. The third-order valence-electron chi connectivity index (χ3n) is 4.00. The van der Waals surface area contributed by atoms with Crippen LogP contribution in [0.5, 0.6) is 0 Å². The maximum Gasteiger partial charge on any atom is 0.271 e. The maximum absolute atomic E-state index is 12.3. The number of hydrogen-bond donors (Lipinski definition) is 2. The van der Waals surface area contributed by atoms with Gasteiger partial charge in [0.05, 0.1) is 0 Å². The fourth-order valence-electron chi connectivity index (χ4n) is 2.49. The summed E-state index contributed by atoms with van der Waals surface area (Å²) in [4.78, 5) is 12.3. The van der Waals surface area contributed by atoms with E-state index in [-0.39, 0.29) is 10.1 Å². The second-order valence-electron chi connectivity index (χ2n) is 6.12. The topological polar surface area (TPSA) is 75.3 Å². The first-order valence-corrected chi connectivity index (χ1v) is 13.1. The standard InChI is InChI=1S/C20H18Cl2N2O3S3/c21-17-3-1-4-18(22)16(17)13-28-12-10-23-20(25)14-6-8-15(9-7-14)24-30(26,27)19-5-2-11-29-19/h1-9,11,24H,10,12-13H2,(H,23,25). The first-order valence-electron chi connectivity index (χ1n) is 8.82. The molecule has 0 aliphatic rings. The average Bonchev–Trinajstić information content (AvgIpc) is 3.26. The van der Waals surface area contributed by atoms with E-state index in [1.165, 1.54) is 6.07 Å². The second kappa shape index (κ2) is 10.5. The Morgan fingerprint density at radius 2 is 1.70 bits per heavy atom. The van der Waals surface area contributed by atoms with E-state index < -0.39 is 10.0 Å². The van der Waals surface area contributed by atoms with Gasteiger partial charge < -0.3 is 5.32 Å². The molecule has 0 fully saturated rings. The first-order chi connectivity index (χ1) is 14.4. The van der Waals surface area contributed by atoms with Crippen molar-refractivity contribution in [3.63, 3.8) is 0 Å². The Hall–Kier alpha value is -1.71. The van der Waals surface area contributed by atoms with Gasteiger partial charge in [-0.3, -0.25) is 9.52 Å². The molecule has 0 aliphatic carbocycles. The summed E-state index contributed by atoms with van der Waals surface area (Å²) in [5, 5.41) is 5.81. The molecule has 5 nitrogen and oxygen atoms in total. The number of hydrogen-bond acceptors (Lipinski definition) is 5. The fraction of sp³-hybridized carbons (Fsp3) is 0.150. The zero-order valence-electron chi connectivity index (χ0n) is 15.6. The molecule has 3 rings (SSSR count). The number of nitrogens with one attached hydrogen (secondary N) is 2. The van der Waals surface area contributed by atoms with Crippen LogP contribution in [0.2, 0.25) is 10.0 Å². The van der Waals surface area contributed by atoms with Crippen molar-refractivity contribution >= 4 is 67.9 Å². The van der Waals surface area contributed by atoms with Crippen LogP contribution in [0.3, 0.4) is 0 Å². The van der Waals surface area contributed by atoms with Crippen LogP contribution < -0.4 is 10.0 Å². The molecule has 0 radical (unpaired) electrons. The lowest BCUT2D eigenvalue weighted by molar-refractivity contribution is 0.0956. The van der Waals surface area contributed by atoms with Crippen LogP contribution in [-0.4, -0.2) is 26.6 Å². The van der Waals surface area contributed by atoms with E-state index in [0.29, 0.717) is 39.3 Å². The summed E-state index contributed by atoms with van der Waals surface area (Å²) in [7, 11) is -3.61. The number of halogens is 2. The fourth-order valence-corrected chi connectivity index (χ4v) is 6.14. The van der Waals surface area contributed by atoms with Gasteiger partial charge in [0.2, 0.25) is 0 Å². The minimum atomic E-state index is -3.61. The van der Waals surface area contributed by atoms with E-state index in [0.717, 1.165) is 16.9 Å². The van der Waals surface area contributed by atoms with Gasteiger partial charge in [0, 0.05) is 39.3 Å². The monoisotopic (exact) mass is 500 g/mol. The number of carbonyl (C=O) groups is 1. The van der Waals surface area contributed by atoms with Crippen molar-refractivity contribution < 1.29 is 13.2 Å². The highest BCUT2D eigenvalue weighted by Crippen LogP contribution is 2.28. The molecule has 30 heavy (non-hydrogen) atoms. The van der Waals surface area contributed by atoms with Crippen LogP contribution in [0.15, 0.2) is 64.2 Å². The SMILES string of the molecule is O=C(NCCSCc1c(Cl)cccc1Cl)c1ccc(NS(=O)(=O)c2cccs2)cc1. The lowest BCUT2D eigenvalue weighted by Gasteiger charge is -2.09. The zero-order chi connectivity index (χ0) is 21.6. The highest BCUT2D eigenvalue weighted by atomic mass is 35.5. The Morgan fingerprint density at radius 1 is 1.00 bits per heavy atom. The maximum atomic E-state index is 12.3. The summed E-state index contributed by atoms with van der Waals surface area (Å²) in [6.07, 6.45) is 0. The van der Waals surface area contributed by atoms with Crippen molar-refractivity contribution in [3.8, 4) is 0 Å². The van der Waals surface area contributed by atoms with E-state index >= 15 is 0 Å². The minimum absolute atomic E-state index is 0.223. The number of amides is 1. The van der Waals surface area contributed by atoms with Crippen LogP contribution >= 0.6 is 46.3 Å². The average molecular weight is 501 g/mol. The lowest BCUT2D eigenvalue weighted by Crippen LogP contribution is -2.25. The molecule has 0 unspecified atom stereocenters. The molecule has 0 saturated heterocycles. The molecule has 0 bridgehead atoms. The first kappa shape index (κ1) is 23.0. The van der Waals surface area contributed by atoms with Crippen molar-refractivity contribution in [2.75, 3.05) is 17.0 Å². The Labute approximate surface area is 193 Å². The molecule has 0 spiro atoms. The third-order valence-corrected chi connectivity index (χ3v) is 8.47. The van der Waals surface area contributed by atoms with Gasteiger partial charge in [0.1, 0.15) is 4.21 Å². The molecular weight excluding hydrogens is 483 g/mol. The Morgan fingerprint density at radius 3 is 2.33 bits per heavy atom. The molecule has 1 aromatic heterocycles. The summed E-state index contributed by atoms with van der Waals surface area (Å²) in [6.45, 7) is 0.484. The summed E-state index contributed by atoms with van der Waals surface area (Å²) < 4.78 is 27.2. The molecule has 158 valence electrons. The molecule has 1 amide bonds. The number of benzene rings is 2. The molecule has 0 saturated carbocycles. The van der Waals surface area contributed by atoms with E-state index in [9.17, 15) is 13.2 Å². The zero-order valence-corrected chi connectivity index (χ0v) is 19.6. The minimum Gasteiger partial charge on any atom is -0.351 e. The second-order valence-corrected chi connectivity index (χ2v) is 10.9. The number of thiophene rings is 1. The quantitative estimate of drug-likeness (QED) is 0.379. The van der Waals surface area contributed by atoms with Crippen LogP contribution in [-0.2, 0) is 15.8 Å². The van der Waals surface area contributed by atoms with E-state index in [1.54, 1.807) is 65.7 Å². The summed E-state index contributed by atoms with van der Waals surface area (Å²) in [5.74, 6) is 1.14. The number of sulfonamides is 1. The van der Waals surface area contributed by atoms with Gasteiger partial charge in [-0.05, 0) is 53.4 Å². The molecule has 2 aromatic carbocycles. The van der Waals surface area contributed by atoms with Crippen LogP contribution in [0, 0.1) is 0 Å². The lowest BCUT2D eigenvalue weighted by atomic mass is 10.2. The van der Waals surface area contributed by atoms with Gasteiger partial charge >= 0.3 is 0 Å². The van der Waals surface area contributed by atoms with Gasteiger partial charge in [0.25, 0.3) is 15.9 Å². The molecule has 0 atom stereocenters. The van der Waals surface area contributed by atoms with Crippen molar-refractivity contribution in [1.82, 2.24) is 5.32 Å². The molecule has 0 aliphatic heterocycles. The predicted octanol–water partition coefficient (Wildman–Crippen LogP) is 5.52. The number of rotatable bonds is 9. The normalized spacial score (nSPS) is 11.3. The van der Waals surface area contributed by atoms with Crippen molar-refractivity contribution in [2.24, 2.45) is 0 Å². The highest BCUT2D eigenvalue weighted by Gasteiger charge is 2.15. The molecular formula is C20H18Cl2N2O3S3. The van der Waals surface area contributed by atoms with Gasteiger partial charge in [-0.2, -0.15) is 11.8 Å². The van der Waals surface area contributed by atoms with Crippen molar-refractivity contribution in [3.05, 3.63) is 81.1 Å². The van der Waals surface area contributed by atoms with Crippen molar-refractivity contribution in [1.29, 1.82) is 0 Å². The molecule has 1 heterocycles. The smallest absolute Gasteiger partial charge is 0.271 e. The summed E-state index contributed by atoms with van der Waals surface area (Å²) >= 11 is 15.0. The van der Waals surface area contributed by atoms with Gasteiger partial charge in [-0.25, -0.2) is 8.42 Å². The Kier molecular flexibility index (Phi) is 8.07. The third kappa shape index (κ3) is 6.15. The number of carbonyl (C=O) groups excluding carboxylic acids is 1. The van der Waals surface area contributed by atoms with E-state index in [4.69, 9.17) is 23.2 Å². The Bertz CT molecular complexity index is 1080. The predicted molar refractivity (Wildman–Crippen MR) is 127 cm³/mol. The van der Waals surface area contributed by atoms with Crippen LogP contribution in [0.4, 0.5) is 5.69 Å². The van der Waals surface area contributed by atoms with E-state index in [1.807, 2.05) is 0 Å². The van der Waals surface area contributed by atoms with Crippen molar-refractivity contribution in [2.45, 2.75) is 9.96 Å². The molecule has 10 heteroatoms. The van der Waals surface area contributed by atoms with Gasteiger partial charge in [0.15, 0.2) is 0 Å². The highest BCUT2D eigenvalue weighted by molar-refractivity contribution is 7.98. The Balaban J connectivity index is 1.46. The number of thioether (sulfide) groups is 1. The van der Waals surface area contributed by atoms with Gasteiger partial charge in [-0.15, -0.1) is 11.3 Å². The van der Waals surface area contributed by atoms with Crippen LogP contribution in [0.25, 0.3) is 0 Å². The van der Waals surface area contributed by atoms with E-state index in [2.05, 4.69) is 10.0 Å². The molecule has 2 N–H and O–H groups in total. The van der Waals surface area contributed by atoms with Crippen LogP contribution in [0.1, 0.15) is 15.9 Å². The van der Waals surface area contributed by atoms with Gasteiger partial charge in [-0.1, -0.05) is 35.3 Å².